The Morgan fingerprint density at radius 3 is 2.48 bits per heavy atom. The van der Waals surface area contributed by atoms with Crippen LogP contribution in [0.2, 0.25) is 5.02 Å². The van der Waals surface area contributed by atoms with E-state index < -0.39 is 21.4 Å². The topological polar surface area (TPSA) is 65.5 Å². The van der Waals surface area contributed by atoms with Crippen molar-refractivity contribution in [2.75, 3.05) is 7.11 Å². The minimum absolute atomic E-state index is 0.196. The molecule has 1 aromatic heterocycles. The molecule has 3 aromatic rings. The number of pyridine rings is 1. The van der Waals surface area contributed by atoms with Crippen molar-refractivity contribution in [3.8, 4) is 22.6 Å². The van der Waals surface area contributed by atoms with Gasteiger partial charge >= 0.3 is 15.6 Å². The summed E-state index contributed by atoms with van der Waals surface area (Å²) in [7, 11) is -4.31. The smallest absolute Gasteiger partial charge is 0.494 e. The molecule has 0 N–H and O–H groups in total. The third kappa shape index (κ3) is 3.65. The standard InChI is InChI=1S/C17H11ClF3NO4S/c1-25-15-4-2-3-12-11(7-8-22-16(12)15)13-9-10(5-6-14(13)18)26-27(23,24)17(19,20)21/h2-9H,1H3. The van der Waals surface area contributed by atoms with E-state index in [4.69, 9.17) is 16.3 Å². The average Bonchev–Trinajstić information content (AvgIpc) is 2.61. The van der Waals surface area contributed by atoms with Crippen LogP contribution >= 0.6 is 11.6 Å². The molecule has 2 aromatic carbocycles. The maximum atomic E-state index is 12.6. The lowest BCUT2D eigenvalue weighted by Crippen LogP contribution is -2.28. The van der Waals surface area contributed by atoms with Crippen LogP contribution in [0.1, 0.15) is 0 Å². The molecular formula is C17H11ClF3NO4S. The van der Waals surface area contributed by atoms with Crippen molar-refractivity contribution < 1.29 is 30.5 Å². The molecule has 0 aliphatic heterocycles. The van der Waals surface area contributed by atoms with Crippen LogP contribution in [-0.4, -0.2) is 26.0 Å². The van der Waals surface area contributed by atoms with Gasteiger partial charge in [0.2, 0.25) is 0 Å². The van der Waals surface area contributed by atoms with Crippen molar-refractivity contribution >= 4 is 32.6 Å². The van der Waals surface area contributed by atoms with Crippen LogP contribution in [0.5, 0.6) is 11.5 Å². The van der Waals surface area contributed by atoms with Gasteiger partial charge in [0.25, 0.3) is 0 Å². The van der Waals surface area contributed by atoms with Gasteiger partial charge < -0.3 is 8.92 Å². The highest BCUT2D eigenvalue weighted by molar-refractivity contribution is 7.88. The maximum Gasteiger partial charge on any atom is 0.534 e. The summed E-state index contributed by atoms with van der Waals surface area (Å²) in [4.78, 5) is 4.24. The predicted molar refractivity (Wildman–Crippen MR) is 94.3 cm³/mol. The van der Waals surface area contributed by atoms with Gasteiger partial charge in [-0.3, -0.25) is 4.98 Å². The monoisotopic (exact) mass is 417 g/mol. The number of benzene rings is 2. The molecule has 0 radical (unpaired) electrons. The van der Waals surface area contributed by atoms with E-state index in [9.17, 15) is 21.6 Å². The second-order valence-corrected chi connectivity index (χ2v) is 7.28. The molecule has 0 bridgehead atoms. The molecule has 27 heavy (non-hydrogen) atoms. The zero-order valence-electron chi connectivity index (χ0n) is 13.6. The largest absolute Gasteiger partial charge is 0.534 e. The van der Waals surface area contributed by atoms with Crippen molar-refractivity contribution in [2.45, 2.75) is 5.51 Å². The highest BCUT2D eigenvalue weighted by atomic mass is 35.5. The highest BCUT2D eigenvalue weighted by Crippen LogP contribution is 2.38. The van der Waals surface area contributed by atoms with Gasteiger partial charge in [0.15, 0.2) is 0 Å². The molecule has 0 unspecified atom stereocenters. The molecule has 142 valence electrons. The van der Waals surface area contributed by atoms with Gasteiger partial charge in [0.05, 0.1) is 7.11 Å². The first-order chi connectivity index (χ1) is 12.6. The Hall–Kier alpha value is -2.52. The first-order valence-corrected chi connectivity index (χ1v) is 9.15. The van der Waals surface area contributed by atoms with E-state index in [1.54, 1.807) is 24.3 Å². The minimum Gasteiger partial charge on any atom is -0.494 e. The zero-order valence-corrected chi connectivity index (χ0v) is 15.2. The first kappa shape index (κ1) is 19.2. The summed E-state index contributed by atoms with van der Waals surface area (Å²) in [5.41, 5.74) is -4.21. The first-order valence-electron chi connectivity index (χ1n) is 7.36. The molecule has 0 saturated heterocycles. The van der Waals surface area contributed by atoms with Crippen molar-refractivity contribution in [2.24, 2.45) is 0 Å². The molecular weight excluding hydrogens is 407 g/mol. The molecule has 0 saturated carbocycles. The van der Waals surface area contributed by atoms with Crippen LogP contribution in [0.4, 0.5) is 13.2 Å². The number of alkyl halides is 3. The van der Waals surface area contributed by atoms with Crippen molar-refractivity contribution in [1.29, 1.82) is 0 Å². The van der Waals surface area contributed by atoms with E-state index in [0.717, 1.165) is 12.1 Å². The van der Waals surface area contributed by atoms with Gasteiger partial charge in [-0.25, -0.2) is 0 Å². The van der Waals surface area contributed by atoms with Crippen LogP contribution in [0.3, 0.4) is 0 Å². The molecule has 3 rings (SSSR count). The van der Waals surface area contributed by atoms with Crippen LogP contribution in [0.25, 0.3) is 22.0 Å². The maximum absolute atomic E-state index is 12.6. The van der Waals surface area contributed by atoms with Gasteiger partial charge in [0, 0.05) is 22.2 Å². The Labute approximate surface area is 157 Å². The second kappa shape index (κ2) is 6.90. The van der Waals surface area contributed by atoms with Crippen molar-refractivity contribution in [1.82, 2.24) is 4.98 Å². The third-order valence-corrected chi connectivity index (χ3v) is 4.98. The lowest BCUT2D eigenvalue weighted by Gasteiger charge is -2.13. The Morgan fingerprint density at radius 2 is 1.81 bits per heavy atom. The summed E-state index contributed by atoms with van der Waals surface area (Å²) in [5.74, 6) is -0.0166. The fourth-order valence-corrected chi connectivity index (χ4v) is 3.16. The van der Waals surface area contributed by atoms with E-state index in [1.165, 1.54) is 19.4 Å². The van der Waals surface area contributed by atoms with E-state index in [1.807, 2.05) is 0 Å². The SMILES string of the molecule is COc1cccc2c(-c3cc(OS(=O)(=O)C(F)(F)F)ccc3Cl)ccnc12. The number of aromatic nitrogens is 1. The summed E-state index contributed by atoms with van der Waals surface area (Å²) < 4.78 is 69.6. The molecule has 10 heteroatoms. The molecule has 5 nitrogen and oxygen atoms in total. The molecule has 1 heterocycles. The van der Waals surface area contributed by atoms with Crippen molar-refractivity contribution in [3.63, 3.8) is 0 Å². The second-order valence-electron chi connectivity index (χ2n) is 5.34. The molecule has 0 fully saturated rings. The van der Waals surface area contributed by atoms with Crippen LogP contribution in [-0.2, 0) is 10.1 Å². The third-order valence-electron chi connectivity index (χ3n) is 3.67. The number of hydrogen-bond acceptors (Lipinski definition) is 5. The fraction of sp³-hybridized carbons (Fsp3) is 0.118. The number of methoxy groups -OCH3 is 1. The van der Waals surface area contributed by atoms with Crippen LogP contribution in [0.15, 0.2) is 48.7 Å². The summed E-state index contributed by atoms with van der Waals surface area (Å²) in [6.45, 7) is 0. The van der Waals surface area contributed by atoms with Gasteiger partial charge in [-0.1, -0.05) is 23.7 Å². The van der Waals surface area contributed by atoms with E-state index in [0.29, 0.717) is 22.2 Å². The average molecular weight is 418 g/mol. The van der Waals surface area contributed by atoms with E-state index >= 15 is 0 Å². The van der Waals surface area contributed by atoms with Gasteiger partial charge in [-0.15, -0.1) is 0 Å². The number of halogens is 4. The molecule has 0 atom stereocenters. The summed E-state index contributed by atoms with van der Waals surface area (Å²) in [5, 5.41) is 0.816. The quantitative estimate of drug-likeness (QED) is 0.451. The van der Waals surface area contributed by atoms with Gasteiger partial charge in [-0.2, -0.15) is 21.6 Å². The number of nitrogens with zero attached hydrogens (tertiary/aromatic N) is 1. The number of fused-ring (bicyclic) bond motifs is 1. The number of para-hydroxylation sites is 1. The summed E-state index contributed by atoms with van der Waals surface area (Å²) in [6, 6.07) is 10.2. The van der Waals surface area contributed by atoms with Crippen LogP contribution < -0.4 is 8.92 Å². The Morgan fingerprint density at radius 1 is 1.07 bits per heavy atom. The predicted octanol–water partition coefficient (Wildman–Crippen LogP) is 4.79. The Kier molecular flexibility index (Phi) is 4.92. The Bertz CT molecular complexity index is 1120. The van der Waals surface area contributed by atoms with Crippen molar-refractivity contribution in [3.05, 3.63) is 53.7 Å². The number of rotatable bonds is 4. The van der Waals surface area contributed by atoms with Gasteiger partial charge in [-0.05, 0) is 35.9 Å². The van der Waals surface area contributed by atoms with Crippen LogP contribution in [0, 0.1) is 0 Å². The molecule has 0 aliphatic carbocycles. The normalized spacial score (nSPS) is 12.2. The van der Waals surface area contributed by atoms with E-state index in [-0.39, 0.29) is 10.6 Å². The summed E-state index contributed by atoms with van der Waals surface area (Å²) >= 11 is 6.19. The summed E-state index contributed by atoms with van der Waals surface area (Å²) in [6.07, 6.45) is 1.48. The minimum atomic E-state index is -5.79. The number of ether oxygens (including phenoxy) is 1. The van der Waals surface area contributed by atoms with Gasteiger partial charge in [0.1, 0.15) is 17.0 Å². The lowest BCUT2D eigenvalue weighted by molar-refractivity contribution is -0.0500. The fourth-order valence-electron chi connectivity index (χ4n) is 2.49. The molecule has 0 amide bonds. The molecule has 0 aliphatic rings. The highest BCUT2D eigenvalue weighted by Gasteiger charge is 2.48. The van der Waals surface area contributed by atoms with E-state index in [2.05, 4.69) is 9.17 Å². The molecule has 0 spiro atoms. The zero-order chi connectivity index (χ0) is 19.8. The lowest BCUT2D eigenvalue weighted by atomic mass is 10.0. The number of hydrogen-bond donors (Lipinski definition) is 0. The Balaban J connectivity index is 2.15.